The van der Waals surface area contributed by atoms with Crippen molar-refractivity contribution in [3.8, 4) is 17.2 Å². The highest BCUT2D eigenvalue weighted by Crippen LogP contribution is 2.32. The molecule has 1 saturated heterocycles. The van der Waals surface area contributed by atoms with E-state index in [0.29, 0.717) is 29.4 Å². The normalized spacial score (nSPS) is 13.5. The number of nitrogens with zero attached hydrogens (tertiary/aromatic N) is 4. The Balaban J connectivity index is 1.40. The van der Waals surface area contributed by atoms with Crippen LogP contribution in [0.1, 0.15) is 31.2 Å². The second-order valence-electron chi connectivity index (χ2n) is 9.13. The van der Waals surface area contributed by atoms with Crippen LogP contribution in [0.5, 0.6) is 17.2 Å². The fourth-order valence-corrected chi connectivity index (χ4v) is 4.53. The zero-order valence-electron chi connectivity index (χ0n) is 22.2. The second kappa shape index (κ2) is 13.6. The molecule has 4 rings (SSSR count). The zero-order valence-corrected chi connectivity index (χ0v) is 22.2. The van der Waals surface area contributed by atoms with Gasteiger partial charge < -0.3 is 29.5 Å². The number of anilines is 3. The molecule has 0 aliphatic carbocycles. The first-order chi connectivity index (χ1) is 19.0. The summed E-state index contributed by atoms with van der Waals surface area (Å²) in [6.45, 7) is 3.60. The van der Waals surface area contributed by atoms with Gasteiger partial charge in [-0.2, -0.15) is 4.98 Å². The SMILES string of the molecule is COc1cccc(CN(C(=O)O)c2ccnc(Nc3ccc(OCCCN4CCCCC4)c(F)c3)n2)c1OC. The van der Waals surface area contributed by atoms with Gasteiger partial charge in [0.05, 0.1) is 27.4 Å². The summed E-state index contributed by atoms with van der Waals surface area (Å²) in [4.78, 5) is 24.1. The minimum atomic E-state index is -1.21. The Morgan fingerprint density at radius 3 is 2.64 bits per heavy atom. The number of methoxy groups -OCH3 is 2. The molecule has 208 valence electrons. The molecule has 0 spiro atoms. The van der Waals surface area contributed by atoms with Gasteiger partial charge in [-0.1, -0.05) is 18.6 Å². The summed E-state index contributed by atoms with van der Waals surface area (Å²) < 4.78 is 31.1. The molecule has 0 saturated carbocycles. The molecule has 1 aromatic heterocycles. The molecule has 11 heteroatoms. The molecular weight excluding hydrogens is 505 g/mol. The highest BCUT2D eigenvalue weighted by atomic mass is 19.1. The van der Waals surface area contributed by atoms with Gasteiger partial charge in [0.25, 0.3) is 0 Å². The first-order valence-electron chi connectivity index (χ1n) is 12.9. The number of para-hydroxylation sites is 1. The van der Waals surface area contributed by atoms with Crippen LogP contribution in [0, 0.1) is 5.82 Å². The molecule has 1 aliphatic rings. The van der Waals surface area contributed by atoms with Gasteiger partial charge in [-0.3, -0.25) is 4.90 Å². The Morgan fingerprint density at radius 2 is 1.92 bits per heavy atom. The maximum Gasteiger partial charge on any atom is 0.413 e. The average Bonchev–Trinajstić information content (AvgIpc) is 2.95. The summed E-state index contributed by atoms with van der Waals surface area (Å²) in [6.07, 6.45) is 4.83. The number of likely N-dealkylation sites (tertiary alicyclic amines) is 1. The van der Waals surface area contributed by atoms with Crippen molar-refractivity contribution in [1.29, 1.82) is 0 Å². The highest BCUT2D eigenvalue weighted by molar-refractivity contribution is 5.85. The van der Waals surface area contributed by atoms with Crippen molar-refractivity contribution >= 4 is 23.5 Å². The number of aromatic nitrogens is 2. The number of rotatable bonds is 12. The fourth-order valence-electron chi connectivity index (χ4n) is 4.53. The molecule has 39 heavy (non-hydrogen) atoms. The number of ether oxygens (including phenoxy) is 3. The predicted octanol–water partition coefficient (Wildman–Crippen LogP) is 5.32. The van der Waals surface area contributed by atoms with Crippen LogP contribution in [0.25, 0.3) is 0 Å². The number of piperidine rings is 1. The van der Waals surface area contributed by atoms with Gasteiger partial charge in [-0.15, -0.1) is 0 Å². The summed E-state index contributed by atoms with van der Waals surface area (Å²) in [5.74, 6) is 0.847. The van der Waals surface area contributed by atoms with E-state index < -0.39 is 11.9 Å². The molecule has 1 aliphatic heterocycles. The number of halogens is 1. The molecule has 2 N–H and O–H groups in total. The van der Waals surface area contributed by atoms with Crippen molar-refractivity contribution in [2.75, 3.05) is 50.7 Å². The van der Waals surface area contributed by atoms with E-state index in [1.54, 1.807) is 30.3 Å². The highest BCUT2D eigenvalue weighted by Gasteiger charge is 2.21. The van der Waals surface area contributed by atoms with Gasteiger partial charge >= 0.3 is 6.09 Å². The molecule has 2 aromatic carbocycles. The number of benzene rings is 2. The number of nitrogens with one attached hydrogen (secondary N) is 1. The number of carboxylic acid groups (broad SMARTS) is 1. The van der Waals surface area contributed by atoms with Crippen LogP contribution >= 0.6 is 0 Å². The molecule has 0 bridgehead atoms. The molecule has 1 fully saturated rings. The Kier molecular flexibility index (Phi) is 9.74. The van der Waals surface area contributed by atoms with Gasteiger partial charge in [0.2, 0.25) is 5.95 Å². The average molecular weight is 540 g/mol. The van der Waals surface area contributed by atoms with E-state index in [-0.39, 0.29) is 24.1 Å². The third-order valence-corrected chi connectivity index (χ3v) is 6.47. The summed E-state index contributed by atoms with van der Waals surface area (Å²) in [6, 6.07) is 11.2. The topological polar surface area (TPSA) is 109 Å². The van der Waals surface area contributed by atoms with Crippen LogP contribution < -0.4 is 24.4 Å². The van der Waals surface area contributed by atoms with Gasteiger partial charge in [0.15, 0.2) is 23.1 Å². The molecular formula is C28H34FN5O5. The lowest BCUT2D eigenvalue weighted by molar-refractivity contribution is 0.201. The summed E-state index contributed by atoms with van der Waals surface area (Å²) in [5.41, 5.74) is 1.00. The van der Waals surface area contributed by atoms with E-state index in [1.807, 2.05) is 0 Å². The minimum Gasteiger partial charge on any atom is -0.493 e. The second-order valence-corrected chi connectivity index (χ2v) is 9.13. The number of carbonyl (C=O) groups is 1. The fraction of sp³-hybridized carbons (Fsp3) is 0.393. The molecule has 10 nitrogen and oxygen atoms in total. The van der Waals surface area contributed by atoms with Crippen molar-refractivity contribution in [2.45, 2.75) is 32.2 Å². The van der Waals surface area contributed by atoms with Crippen LogP contribution in [0.4, 0.5) is 26.6 Å². The van der Waals surface area contributed by atoms with Gasteiger partial charge in [0, 0.05) is 30.1 Å². The van der Waals surface area contributed by atoms with Crippen molar-refractivity contribution in [3.05, 3.63) is 60.0 Å². The van der Waals surface area contributed by atoms with Crippen LogP contribution in [-0.4, -0.2) is 66.5 Å². The number of hydrogen-bond acceptors (Lipinski definition) is 8. The maximum atomic E-state index is 14.7. The van der Waals surface area contributed by atoms with E-state index >= 15 is 0 Å². The summed E-state index contributed by atoms with van der Waals surface area (Å²) in [5, 5.41) is 12.8. The smallest absolute Gasteiger partial charge is 0.413 e. The standard InChI is InChI=1S/C28H34FN5O5/c1-37-24-9-6-8-20(26(24)38-2)19-34(28(35)36)25-12-13-30-27(32-25)31-21-10-11-23(22(29)18-21)39-17-7-16-33-14-4-3-5-15-33/h6,8-13,18H,3-5,7,14-17,19H2,1-2H3,(H,35,36)(H,30,31,32). The van der Waals surface area contributed by atoms with E-state index in [0.717, 1.165) is 31.0 Å². The largest absolute Gasteiger partial charge is 0.493 e. The molecule has 0 radical (unpaired) electrons. The molecule has 3 aromatic rings. The van der Waals surface area contributed by atoms with Crippen LogP contribution in [0.2, 0.25) is 0 Å². The van der Waals surface area contributed by atoms with Crippen molar-refractivity contribution in [3.63, 3.8) is 0 Å². The number of hydrogen-bond donors (Lipinski definition) is 2. The van der Waals surface area contributed by atoms with E-state index in [9.17, 15) is 14.3 Å². The monoisotopic (exact) mass is 539 g/mol. The number of amides is 1. The summed E-state index contributed by atoms with van der Waals surface area (Å²) >= 11 is 0. The van der Waals surface area contributed by atoms with E-state index in [1.165, 1.54) is 51.8 Å². The van der Waals surface area contributed by atoms with Gasteiger partial charge in [-0.05, 0) is 56.6 Å². The van der Waals surface area contributed by atoms with Gasteiger partial charge in [0.1, 0.15) is 5.82 Å². The quantitative estimate of drug-likeness (QED) is 0.296. The van der Waals surface area contributed by atoms with E-state index in [4.69, 9.17) is 14.2 Å². The lowest BCUT2D eigenvalue weighted by Gasteiger charge is -2.26. The first kappa shape index (κ1) is 27.9. The minimum absolute atomic E-state index is 0.0371. The summed E-state index contributed by atoms with van der Waals surface area (Å²) in [7, 11) is 3.00. The van der Waals surface area contributed by atoms with Crippen molar-refractivity contribution < 1.29 is 28.5 Å². The molecule has 2 heterocycles. The first-order valence-corrected chi connectivity index (χ1v) is 12.9. The van der Waals surface area contributed by atoms with Crippen LogP contribution in [-0.2, 0) is 6.54 Å². The Morgan fingerprint density at radius 1 is 1.10 bits per heavy atom. The van der Waals surface area contributed by atoms with Crippen LogP contribution in [0.3, 0.4) is 0 Å². The van der Waals surface area contributed by atoms with Crippen molar-refractivity contribution in [2.24, 2.45) is 0 Å². The predicted molar refractivity (Wildman–Crippen MR) is 146 cm³/mol. The molecule has 1 amide bonds. The maximum absolute atomic E-state index is 14.7. The lowest BCUT2D eigenvalue weighted by Crippen LogP contribution is -2.31. The van der Waals surface area contributed by atoms with Crippen LogP contribution in [0.15, 0.2) is 48.7 Å². The Bertz CT molecular complexity index is 1250. The zero-order chi connectivity index (χ0) is 27.6. The third kappa shape index (κ3) is 7.47. The molecule has 0 atom stereocenters. The van der Waals surface area contributed by atoms with Gasteiger partial charge in [-0.25, -0.2) is 14.2 Å². The Labute approximate surface area is 227 Å². The third-order valence-electron chi connectivity index (χ3n) is 6.47. The van der Waals surface area contributed by atoms with E-state index in [2.05, 4.69) is 20.2 Å². The van der Waals surface area contributed by atoms with Crippen molar-refractivity contribution in [1.82, 2.24) is 14.9 Å². The lowest BCUT2D eigenvalue weighted by atomic mass is 10.1. The Hall–Kier alpha value is -4.12. The molecule has 0 unspecified atom stereocenters.